The first kappa shape index (κ1) is 17.7. The van der Waals surface area contributed by atoms with E-state index in [0.29, 0.717) is 5.69 Å². The highest BCUT2D eigenvalue weighted by Crippen LogP contribution is 2.23. The van der Waals surface area contributed by atoms with E-state index in [9.17, 15) is 14.9 Å². The van der Waals surface area contributed by atoms with Gasteiger partial charge in [-0.2, -0.15) is 0 Å². The summed E-state index contributed by atoms with van der Waals surface area (Å²) in [5.74, 6) is 5.62. The zero-order valence-electron chi connectivity index (χ0n) is 14.2. The van der Waals surface area contributed by atoms with Crippen molar-refractivity contribution in [3.8, 4) is 11.8 Å². The molecule has 0 bridgehead atoms. The highest BCUT2D eigenvalue weighted by Gasteiger charge is 2.15. The SMILES string of the molecule is Nc1ccc(C(=O)Nc2cccc(C#Cc3ccccc3)c2)cc1[N+](=O)[O-]. The molecule has 0 aromatic heterocycles. The number of benzene rings is 3. The zero-order valence-corrected chi connectivity index (χ0v) is 14.2. The number of carbonyl (C=O) groups excluding carboxylic acids is 1. The molecule has 3 rings (SSSR count). The molecule has 0 saturated carbocycles. The van der Waals surface area contributed by atoms with Crippen LogP contribution >= 0.6 is 0 Å². The van der Waals surface area contributed by atoms with Gasteiger partial charge in [0.25, 0.3) is 11.6 Å². The van der Waals surface area contributed by atoms with Crippen molar-refractivity contribution in [2.75, 3.05) is 11.1 Å². The maximum Gasteiger partial charge on any atom is 0.292 e. The second-order valence-corrected chi connectivity index (χ2v) is 5.68. The number of hydrogen-bond acceptors (Lipinski definition) is 4. The van der Waals surface area contributed by atoms with Gasteiger partial charge in [-0.3, -0.25) is 14.9 Å². The Kier molecular flexibility index (Phi) is 5.15. The van der Waals surface area contributed by atoms with Crippen LogP contribution in [0.25, 0.3) is 0 Å². The summed E-state index contributed by atoms with van der Waals surface area (Å²) < 4.78 is 0. The van der Waals surface area contributed by atoms with Crippen molar-refractivity contribution in [1.82, 2.24) is 0 Å². The fraction of sp³-hybridized carbons (Fsp3) is 0. The molecule has 0 aliphatic heterocycles. The molecular formula is C21H15N3O3. The Morgan fingerprint density at radius 2 is 1.63 bits per heavy atom. The maximum absolute atomic E-state index is 12.4. The van der Waals surface area contributed by atoms with E-state index >= 15 is 0 Å². The molecule has 0 spiro atoms. The molecule has 0 fully saturated rings. The van der Waals surface area contributed by atoms with Crippen LogP contribution in [0, 0.1) is 22.0 Å². The summed E-state index contributed by atoms with van der Waals surface area (Å²) in [6, 6.07) is 20.6. The summed E-state index contributed by atoms with van der Waals surface area (Å²) >= 11 is 0. The first-order valence-corrected chi connectivity index (χ1v) is 8.05. The Morgan fingerprint density at radius 3 is 2.37 bits per heavy atom. The highest BCUT2D eigenvalue weighted by molar-refractivity contribution is 6.05. The first-order valence-electron chi connectivity index (χ1n) is 8.05. The number of nitrogen functional groups attached to an aromatic ring is 1. The third kappa shape index (κ3) is 4.50. The summed E-state index contributed by atoms with van der Waals surface area (Å²) in [5.41, 5.74) is 7.58. The number of carbonyl (C=O) groups is 1. The lowest BCUT2D eigenvalue weighted by molar-refractivity contribution is -0.383. The second kappa shape index (κ2) is 7.85. The molecule has 0 aliphatic rings. The van der Waals surface area contributed by atoms with Crippen molar-refractivity contribution in [2.45, 2.75) is 0 Å². The minimum atomic E-state index is -0.619. The largest absolute Gasteiger partial charge is 0.393 e. The van der Waals surface area contributed by atoms with E-state index in [4.69, 9.17) is 5.73 Å². The van der Waals surface area contributed by atoms with Crippen molar-refractivity contribution in [2.24, 2.45) is 0 Å². The van der Waals surface area contributed by atoms with Crippen molar-refractivity contribution >= 4 is 23.0 Å². The smallest absolute Gasteiger partial charge is 0.292 e. The summed E-state index contributed by atoms with van der Waals surface area (Å²) in [5, 5.41) is 13.7. The molecule has 3 N–H and O–H groups in total. The molecule has 6 nitrogen and oxygen atoms in total. The summed E-state index contributed by atoms with van der Waals surface area (Å²) in [6.45, 7) is 0. The van der Waals surface area contributed by atoms with Gasteiger partial charge in [-0.15, -0.1) is 0 Å². The maximum atomic E-state index is 12.4. The Bertz CT molecular complexity index is 1070. The average molecular weight is 357 g/mol. The fourth-order valence-electron chi connectivity index (χ4n) is 2.39. The van der Waals surface area contributed by atoms with Crippen LogP contribution in [0.4, 0.5) is 17.1 Å². The molecule has 0 heterocycles. The lowest BCUT2D eigenvalue weighted by Gasteiger charge is -2.06. The molecule has 132 valence electrons. The lowest BCUT2D eigenvalue weighted by Crippen LogP contribution is -2.12. The average Bonchev–Trinajstić information content (AvgIpc) is 2.67. The summed E-state index contributed by atoms with van der Waals surface area (Å²) in [7, 11) is 0. The minimum Gasteiger partial charge on any atom is -0.393 e. The van der Waals surface area contributed by atoms with E-state index in [1.165, 1.54) is 12.1 Å². The van der Waals surface area contributed by atoms with Gasteiger partial charge in [0.15, 0.2) is 0 Å². The predicted octanol–water partition coefficient (Wildman–Crippen LogP) is 3.83. The quantitative estimate of drug-likeness (QED) is 0.322. The number of hydrogen-bond donors (Lipinski definition) is 2. The molecule has 1 amide bonds. The van der Waals surface area contributed by atoms with Crippen molar-refractivity contribution < 1.29 is 9.72 Å². The number of nitro benzene ring substituents is 1. The number of nitro groups is 1. The topological polar surface area (TPSA) is 98.3 Å². The Hall–Kier alpha value is -4.11. The van der Waals surface area contributed by atoms with Gasteiger partial charge >= 0.3 is 0 Å². The van der Waals surface area contributed by atoms with Gasteiger partial charge in [0.05, 0.1) is 4.92 Å². The van der Waals surface area contributed by atoms with Crippen LogP contribution < -0.4 is 11.1 Å². The van der Waals surface area contributed by atoms with E-state index in [-0.39, 0.29) is 16.9 Å². The van der Waals surface area contributed by atoms with Crippen LogP contribution in [0.15, 0.2) is 72.8 Å². The third-order valence-electron chi connectivity index (χ3n) is 3.73. The number of rotatable bonds is 3. The first-order chi connectivity index (χ1) is 13.0. The van der Waals surface area contributed by atoms with Crippen molar-refractivity contribution in [3.05, 3.63) is 99.6 Å². The molecule has 3 aromatic carbocycles. The van der Waals surface area contributed by atoms with Crippen molar-refractivity contribution in [1.29, 1.82) is 0 Å². The molecule has 27 heavy (non-hydrogen) atoms. The van der Waals surface area contributed by atoms with Gasteiger partial charge < -0.3 is 11.1 Å². The third-order valence-corrected chi connectivity index (χ3v) is 3.73. The predicted molar refractivity (Wildman–Crippen MR) is 104 cm³/mol. The molecule has 0 radical (unpaired) electrons. The Labute approximate surface area is 155 Å². The summed E-state index contributed by atoms with van der Waals surface area (Å²) in [4.78, 5) is 22.7. The highest BCUT2D eigenvalue weighted by atomic mass is 16.6. The standard InChI is InChI=1S/C21H15N3O3/c22-19-12-11-17(14-20(19)24(26)27)21(25)23-18-8-4-7-16(13-18)10-9-15-5-2-1-3-6-15/h1-8,11-14H,22H2,(H,23,25). The second-order valence-electron chi connectivity index (χ2n) is 5.68. The van der Waals surface area contributed by atoms with Crippen LogP contribution in [0.1, 0.15) is 21.5 Å². The molecule has 3 aromatic rings. The number of nitrogens with one attached hydrogen (secondary N) is 1. The number of nitrogens with two attached hydrogens (primary N) is 1. The number of nitrogens with zero attached hydrogens (tertiary/aromatic N) is 1. The zero-order chi connectivity index (χ0) is 19.2. The van der Waals surface area contributed by atoms with E-state index in [2.05, 4.69) is 17.2 Å². The summed E-state index contributed by atoms with van der Waals surface area (Å²) in [6.07, 6.45) is 0. The lowest BCUT2D eigenvalue weighted by atomic mass is 10.1. The Morgan fingerprint density at radius 1 is 0.926 bits per heavy atom. The fourth-order valence-corrected chi connectivity index (χ4v) is 2.39. The number of amides is 1. The molecule has 0 atom stereocenters. The monoisotopic (exact) mass is 357 g/mol. The van der Waals surface area contributed by atoms with Gasteiger partial charge in [0.1, 0.15) is 5.69 Å². The van der Waals surface area contributed by atoms with E-state index in [0.717, 1.165) is 17.2 Å². The normalized spacial score (nSPS) is 9.78. The molecular weight excluding hydrogens is 342 g/mol. The van der Waals surface area contributed by atoms with Crippen LogP contribution in [0.2, 0.25) is 0 Å². The van der Waals surface area contributed by atoms with Crippen molar-refractivity contribution in [3.63, 3.8) is 0 Å². The van der Waals surface area contributed by atoms with E-state index in [1.807, 2.05) is 36.4 Å². The number of anilines is 2. The molecule has 0 saturated heterocycles. The van der Waals surface area contributed by atoms with Crippen LogP contribution in [-0.4, -0.2) is 10.8 Å². The van der Waals surface area contributed by atoms with E-state index in [1.54, 1.807) is 18.2 Å². The van der Waals surface area contributed by atoms with Crippen LogP contribution in [0.5, 0.6) is 0 Å². The van der Waals surface area contributed by atoms with E-state index < -0.39 is 10.8 Å². The van der Waals surface area contributed by atoms with Gasteiger partial charge in [0.2, 0.25) is 0 Å². The minimum absolute atomic E-state index is 0.00901. The van der Waals surface area contributed by atoms with Gasteiger partial charge in [-0.1, -0.05) is 36.1 Å². The van der Waals surface area contributed by atoms with Gasteiger partial charge in [-0.05, 0) is 42.5 Å². The van der Waals surface area contributed by atoms with Gasteiger partial charge in [0, 0.05) is 28.4 Å². The Balaban J connectivity index is 1.79. The molecule has 0 aliphatic carbocycles. The molecule has 6 heteroatoms. The van der Waals surface area contributed by atoms with Crippen LogP contribution in [-0.2, 0) is 0 Å². The van der Waals surface area contributed by atoms with Gasteiger partial charge in [-0.25, -0.2) is 0 Å². The van der Waals surface area contributed by atoms with Crippen LogP contribution in [0.3, 0.4) is 0 Å². The molecule has 0 unspecified atom stereocenters.